The Kier molecular flexibility index (Phi) is 15.8. The van der Waals surface area contributed by atoms with Crippen molar-refractivity contribution in [3.8, 4) is 0 Å². The van der Waals surface area contributed by atoms with Crippen LogP contribution in [0.3, 0.4) is 0 Å². The fourth-order valence-corrected chi connectivity index (χ4v) is 4.56. The zero-order chi connectivity index (χ0) is 34.8. The van der Waals surface area contributed by atoms with Gasteiger partial charge in [0.1, 0.15) is 24.2 Å². The van der Waals surface area contributed by atoms with E-state index in [9.17, 15) is 43.5 Å². The summed E-state index contributed by atoms with van der Waals surface area (Å²) in [5.74, 6) is -6.55. The number of rotatable bonds is 14. The Morgan fingerprint density at radius 3 is 2.06 bits per heavy atom. The summed E-state index contributed by atoms with van der Waals surface area (Å²) < 4.78 is 0. The molecule has 18 nitrogen and oxygen atoms in total. The van der Waals surface area contributed by atoms with Crippen LogP contribution < -0.4 is 43.4 Å². The van der Waals surface area contributed by atoms with Gasteiger partial charge in [-0.2, -0.15) is 0 Å². The van der Waals surface area contributed by atoms with E-state index < -0.39 is 78.5 Å². The number of carbonyl (C=O) groups is 8. The van der Waals surface area contributed by atoms with Crippen LogP contribution in [0, 0.1) is 0 Å². The number of carbonyl (C=O) groups excluding carboxylic acids is 7. The minimum Gasteiger partial charge on any atom is -0.481 e. The Morgan fingerprint density at radius 1 is 0.830 bits per heavy atom. The molecule has 6 amide bonds. The Hall–Kier alpha value is -5.55. The number of aliphatic imine (C=N–C) groups is 1. The zero-order valence-corrected chi connectivity index (χ0v) is 25.7. The van der Waals surface area contributed by atoms with Crippen molar-refractivity contribution in [1.82, 2.24) is 31.9 Å². The number of guanidine groups is 1. The molecule has 47 heavy (non-hydrogen) atoms. The molecule has 1 saturated heterocycles. The lowest BCUT2D eigenvalue weighted by Crippen LogP contribution is -2.58. The molecule has 0 aromatic heterocycles. The maximum Gasteiger partial charge on any atom is 0.305 e. The Bertz CT molecular complexity index is 1320. The minimum atomic E-state index is -1.60. The average Bonchev–Trinajstić information content (AvgIpc) is 3.03. The van der Waals surface area contributed by atoms with Gasteiger partial charge in [0.2, 0.25) is 35.8 Å². The van der Waals surface area contributed by atoms with E-state index in [1.54, 1.807) is 30.3 Å². The van der Waals surface area contributed by atoms with Gasteiger partial charge in [-0.1, -0.05) is 30.3 Å². The molecule has 0 unspecified atom stereocenters. The monoisotopic (exact) mass is 659 g/mol. The van der Waals surface area contributed by atoms with Gasteiger partial charge in [0, 0.05) is 19.5 Å². The topological polar surface area (TPSA) is 293 Å². The number of nitrogens with two attached hydrogens (primary N) is 2. The summed E-state index contributed by atoms with van der Waals surface area (Å²) in [6, 6.07) is 3.25. The van der Waals surface area contributed by atoms with Crippen LogP contribution in [0.2, 0.25) is 0 Å². The molecule has 4 atom stereocenters. The Morgan fingerprint density at radius 2 is 1.43 bits per heavy atom. The first-order valence-electron chi connectivity index (χ1n) is 14.9. The highest BCUT2D eigenvalue weighted by atomic mass is 16.4. The molecule has 1 aromatic rings. The van der Waals surface area contributed by atoms with Gasteiger partial charge in [0.05, 0.1) is 13.0 Å². The van der Waals surface area contributed by atoms with Crippen LogP contribution in [0.25, 0.3) is 0 Å². The van der Waals surface area contributed by atoms with E-state index in [1.165, 1.54) is 0 Å². The quantitative estimate of drug-likeness (QED) is 0.0308. The summed E-state index contributed by atoms with van der Waals surface area (Å²) in [6.45, 7) is -0.404. The minimum absolute atomic E-state index is 0.0323. The van der Waals surface area contributed by atoms with Crippen LogP contribution in [-0.2, 0) is 44.8 Å². The lowest BCUT2D eigenvalue weighted by atomic mass is 10.0. The highest BCUT2D eigenvalue weighted by Gasteiger charge is 2.33. The van der Waals surface area contributed by atoms with Gasteiger partial charge in [-0.25, -0.2) is 0 Å². The van der Waals surface area contributed by atoms with Gasteiger partial charge in [0.15, 0.2) is 5.96 Å². The molecule has 0 bridgehead atoms. The van der Waals surface area contributed by atoms with Gasteiger partial charge in [-0.05, 0) is 37.7 Å². The van der Waals surface area contributed by atoms with Crippen molar-refractivity contribution < 1.29 is 43.5 Å². The third-order valence-corrected chi connectivity index (χ3v) is 6.91. The second-order valence-electron chi connectivity index (χ2n) is 10.7. The summed E-state index contributed by atoms with van der Waals surface area (Å²) in [4.78, 5) is 103. The fraction of sp³-hybridized carbons (Fsp3) is 0.483. The number of hydrogen-bond acceptors (Lipinski definition) is 9. The van der Waals surface area contributed by atoms with E-state index in [4.69, 9.17) is 11.5 Å². The van der Waals surface area contributed by atoms with Gasteiger partial charge in [-0.3, -0.25) is 43.3 Å². The standard InChI is InChI=1S/C29H41N9O9/c30-29(31)33-12-6-10-18-25(44)34-15-22(40)35-21(14-24(42)43)28(47)38-20(13-17-7-2-1-3-8-17)27(46)37-19(26(45)36-18)9-4-5-11-32-23(41)16-39/h1-3,7-8,16,18-21H,4-6,9-15H2,(H,32,41)(H,34,44)(H,35,40)(H,36,45)(H,37,46)(H,38,47)(H,42,43)(H4,30,31,33)/t18-,19-,20+,21-/m0/s1. The largest absolute Gasteiger partial charge is 0.481 e. The Balaban J connectivity index is 2.43. The first-order valence-corrected chi connectivity index (χ1v) is 14.9. The fourth-order valence-electron chi connectivity index (χ4n) is 4.56. The van der Waals surface area contributed by atoms with Crippen molar-refractivity contribution >= 4 is 53.7 Å². The van der Waals surface area contributed by atoms with Crippen molar-refractivity contribution in [2.24, 2.45) is 16.5 Å². The molecule has 18 heteroatoms. The third-order valence-electron chi connectivity index (χ3n) is 6.91. The van der Waals surface area contributed by atoms with Crippen LogP contribution in [-0.4, -0.2) is 103 Å². The maximum atomic E-state index is 13.7. The van der Waals surface area contributed by atoms with E-state index in [-0.39, 0.29) is 57.4 Å². The number of aliphatic carboxylic acids is 1. The highest BCUT2D eigenvalue weighted by molar-refractivity contribution is 6.23. The highest BCUT2D eigenvalue weighted by Crippen LogP contribution is 2.09. The van der Waals surface area contributed by atoms with E-state index in [0.717, 1.165) is 0 Å². The molecule has 0 aliphatic carbocycles. The number of nitrogens with zero attached hydrogens (tertiary/aromatic N) is 1. The van der Waals surface area contributed by atoms with Crippen molar-refractivity contribution in [2.75, 3.05) is 19.6 Å². The zero-order valence-electron chi connectivity index (χ0n) is 25.7. The number of unbranched alkanes of at least 4 members (excludes halogenated alkanes) is 1. The van der Waals surface area contributed by atoms with E-state index in [1.807, 2.05) is 0 Å². The van der Waals surface area contributed by atoms with Crippen molar-refractivity contribution in [1.29, 1.82) is 0 Å². The molecular formula is C29H41N9O9. The van der Waals surface area contributed by atoms with Gasteiger partial charge >= 0.3 is 5.97 Å². The number of carboxylic acid groups (broad SMARTS) is 1. The van der Waals surface area contributed by atoms with Crippen LogP contribution in [0.15, 0.2) is 35.3 Å². The van der Waals surface area contributed by atoms with Crippen molar-refractivity contribution in [3.05, 3.63) is 35.9 Å². The number of benzene rings is 1. The lowest BCUT2D eigenvalue weighted by Gasteiger charge is -2.26. The average molecular weight is 660 g/mol. The van der Waals surface area contributed by atoms with Gasteiger partial charge in [0.25, 0.3) is 5.91 Å². The lowest BCUT2D eigenvalue weighted by molar-refractivity contribution is -0.141. The van der Waals surface area contributed by atoms with E-state index >= 15 is 0 Å². The molecule has 0 saturated carbocycles. The van der Waals surface area contributed by atoms with Crippen LogP contribution >= 0.6 is 0 Å². The molecule has 11 N–H and O–H groups in total. The molecule has 0 spiro atoms. The van der Waals surface area contributed by atoms with E-state index in [0.29, 0.717) is 12.0 Å². The van der Waals surface area contributed by atoms with Crippen molar-refractivity contribution in [3.63, 3.8) is 0 Å². The number of amides is 6. The predicted octanol–water partition coefficient (Wildman–Crippen LogP) is -3.69. The summed E-state index contributed by atoms with van der Waals surface area (Å²) in [7, 11) is 0. The van der Waals surface area contributed by atoms with Crippen LogP contribution in [0.1, 0.15) is 44.1 Å². The summed E-state index contributed by atoms with van der Waals surface area (Å²) in [5.41, 5.74) is 11.3. The molecule has 1 aliphatic rings. The molecule has 0 radical (unpaired) electrons. The van der Waals surface area contributed by atoms with Crippen LogP contribution in [0.4, 0.5) is 0 Å². The number of aldehydes is 1. The smallest absolute Gasteiger partial charge is 0.305 e. The normalized spacial score (nSPS) is 20.9. The third kappa shape index (κ3) is 14.4. The molecule has 1 aliphatic heterocycles. The summed E-state index contributed by atoms with van der Waals surface area (Å²) in [6.07, 6.45) is 0.181. The van der Waals surface area contributed by atoms with Gasteiger partial charge < -0.3 is 48.5 Å². The SMILES string of the molecule is NC(N)=NCCC[C@@H]1NC(=O)[C@H](CCCCNC(=O)C=O)NC(=O)[C@@H](Cc2ccccc2)NC(=O)[C@H](CC(=O)O)NC(=O)CNC1=O. The Labute approximate surface area is 270 Å². The summed E-state index contributed by atoms with van der Waals surface area (Å²) in [5, 5.41) is 24.1. The van der Waals surface area contributed by atoms with Crippen molar-refractivity contribution in [2.45, 2.75) is 69.1 Å². The maximum absolute atomic E-state index is 13.7. The first kappa shape index (κ1) is 37.6. The first-order chi connectivity index (χ1) is 22.4. The summed E-state index contributed by atoms with van der Waals surface area (Å²) >= 11 is 0. The second kappa shape index (κ2) is 19.8. The molecule has 1 heterocycles. The molecule has 1 aromatic carbocycles. The predicted molar refractivity (Wildman–Crippen MR) is 166 cm³/mol. The molecule has 2 rings (SSSR count). The van der Waals surface area contributed by atoms with Crippen LogP contribution in [0.5, 0.6) is 0 Å². The van der Waals surface area contributed by atoms with Gasteiger partial charge in [-0.15, -0.1) is 0 Å². The molecule has 1 fully saturated rings. The van der Waals surface area contributed by atoms with E-state index in [2.05, 4.69) is 36.9 Å². The number of hydrogen-bond donors (Lipinski definition) is 9. The number of nitrogens with one attached hydrogen (secondary N) is 6. The second-order valence-corrected chi connectivity index (χ2v) is 10.7. The number of carboxylic acids is 1. The molecule has 256 valence electrons. The molecular weight excluding hydrogens is 618 g/mol.